The first-order chi connectivity index (χ1) is 8.57. The van der Waals surface area contributed by atoms with E-state index < -0.39 is 20.0 Å². The fourth-order valence-corrected chi connectivity index (χ4v) is 4.17. The van der Waals surface area contributed by atoms with Crippen LogP contribution in [0.3, 0.4) is 0 Å². The van der Waals surface area contributed by atoms with Gasteiger partial charge in [0, 0.05) is 24.4 Å². The maximum atomic E-state index is 10.2. The summed E-state index contributed by atoms with van der Waals surface area (Å²) in [5.74, 6) is 0. The summed E-state index contributed by atoms with van der Waals surface area (Å²) in [6, 6.07) is 1.90. The van der Waals surface area contributed by atoms with E-state index in [1.54, 1.807) is 6.20 Å². The summed E-state index contributed by atoms with van der Waals surface area (Å²) in [6.07, 6.45) is 3.77. The lowest BCUT2D eigenvalue weighted by atomic mass is 10.0. The molecule has 0 aromatic carbocycles. The van der Waals surface area contributed by atoms with Crippen molar-refractivity contribution in [2.45, 2.75) is 64.0 Å². The zero-order chi connectivity index (χ0) is 14.5. The number of pyridine rings is 1. The second-order valence-electron chi connectivity index (χ2n) is 7.28. The summed E-state index contributed by atoms with van der Waals surface area (Å²) < 4.78 is 6.59. The highest BCUT2D eigenvalue weighted by Crippen LogP contribution is 2.49. The largest absolute Gasteiger partial charge is 0.407 e. The first kappa shape index (κ1) is 14.7. The van der Waals surface area contributed by atoms with Crippen molar-refractivity contribution in [1.82, 2.24) is 4.98 Å². The zero-order valence-corrected chi connectivity index (χ0v) is 13.8. The van der Waals surface area contributed by atoms with Gasteiger partial charge in [-0.05, 0) is 36.7 Å². The number of fused-ring (bicyclic) bond motifs is 1. The van der Waals surface area contributed by atoms with Crippen LogP contribution in [-0.4, -0.2) is 18.4 Å². The second-order valence-corrected chi connectivity index (χ2v) is 12.0. The summed E-state index contributed by atoms with van der Waals surface area (Å²) in [5, 5.41) is 10.4. The van der Waals surface area contributed by atoms with E-state index in [2.05, 4.69) is 45.8 Å². The highest BCUT2D eigenvalue weighted by molar-refractivity contribution is 6.74. The molecule has 2 rings (SSSR count). The molecule has 0 bridgehead atoms. The van der Waals surface area contributed by atoms with Crippen molar-refractivity contribution in [1.29, 1.82) is 0 Å². The summed E-state index contributed by atoms with van der Waals surface area (Å²) >= 11 is 0. The predicted octanol–water partition coefficient (Wildman–Crippen LogP) is 3.76. The van der Waals surface area contributed by atoms with E-state index in [9.17, 15) is 5.11 Å². The standard InChI is InChI=1S/C15H25NO2Si/c1-14(2,3)19(5,6)18-15(4)9-13(17)11-7-8-16-10-12(11)15/h7-8,10,13,17H,9H2,1-6H3/t13-,15+/m1/s1. The van der Waals surface area contributed by atoms with Crippen molar-refractivity contribution >= 4 is 8.32 Å². The number of rotatable bonds is 2. The third kappa shape index (κ3) is 2.49. The Morgan fingerprint density at radius 2 is 2.05 bits per heavy atom. The molecule has 0 amide bonds. The lowest BCUT2D eigenvalue weighted by Gasteiger charge is -2.43. The van der Waals surface area contributed by atoms with Crippen molar-refractivity contribution in [3.8, 4) is 0 Å². The van der Waals surface area contributed by atoms with Crippen LogP contribution in [0.5, 0.6) is 0 Å². The maximum Gasteiger partial charge on any atom is 0.193 e. The van der Waals surface area contributed by atoms with E-state index in [0.29, 0.717) is 6.42 Å². The molecule has 1 N–H and O–H groups in total. The van der Waals surface area contributed by atoms with Gasteiger partial charge in [0.2, 0.25) is 0 Å². The monoisotopic (exact) mass is 279 g/mol. The van der Waals surface area contributed by atoms with E-state index in [1.165, 1.54) is 0 Å². The van der Waals surface area contributed by atoms with Gasteiger partial charge in [0.15, 0.2) is 8.32 Å². The van der Waals surface area contributed by atoms with Gasteiger partial charge in [-0.1, -0.05) is 20.8 Å². The minimum atomic E-state index is -1.88. The number of hydrogen-bond acceptors (Lipinski definition) is 3. The van der Waals surface area contributed by atoms with Crippen LogP contribution in [0.25, 0.3) is 0 Å². The minimum absolute atomic E-state index is 0.159. The van der Waals surface area contributed by atoms with E-state index in [0.717, 1.165) is 11.1 Å². The SMILES string of the molecule is CC(C)(C)[Si](C)(C)O[C@@]1(C)C[C@@H](O)c2ccncc21. The van der Waals surface area contributed by atoms with Gasteiger partial charge in [-0.3, -0.25) is 4.98 Å². The molecule has 1 aliphatic rings. The smallest absolute Gasteiger partial charge is 0.193 e. The van der Waals surface area contributed by atoms with Crippen molar-refractivity contribution in [2.24, 2.45) is 0 Å². The first-order valence-corrected chi connectivity index (χ1v) is 9.80. The average molecular weight is 279 g/mol. The number of nitrogens with zero attached hydrogens (tertiary/aromatic N) is 1. The van der Waals surface area contributed by atoms with Gasteiger partial charge >= 0.3 is 0 Å². The minimum Gasteiger partial charge on any atom is -0.407 e. The molecule has 0 fully saturated rings. The maximum absolute atomic E-state index is 10.2. The normalized spacial score (nSPS) is 27.4. The highest BCUT2D eigenvalue weighted by Gasteiger charge is 2.48. The number of aromatic nitrogens is 1. The Morgan fingerprint density at radius 1 is 1.42 bits per heavy atom. The van der Waals surface area contributed by atoms with Crippen LogP contribution in [0.2, 0.25) is 18.1 Å². The predicted molar refractivity (Wildman–Crippen MR) is 79.4 cm³/mol. The molecule has 0 saturated carbocycles. The topological polar surface area (TPSA) is 42.4 Å². The van der Waals surface area contributed by atoms with Crippen LogP contribution in [0.4, 0.5) is 0 Å². The zero-order valence-electron chi connectivity index (χ0n) is 12.8. The lowest BCUT2D eigenvalue weighted by molar-refractivity contribution is 0.0332. The van der Waals surface area contributed by atoms with Crippen LogP contribution >= 0.6 is 0 Å². The van der Waals surface area contributed by atoms with Crippen LogP contribution < -0.4 is 0 Å². The molecule has 106 valence electrons. The molecule has 0 aliphatic heterocycles. The average Bonchev–Trinajstić information content (AvgIpc) is 2.49. The molecule has 0 radical (unpaired) electrons. The number of hydrogen-bond donors (Lipinski definition) is 1. The van der Waals surface area contributed by atoms with Crippen LogP contribution in [0.1, 0.15) is 51.3 Å². The molecule has 0 unspecified atom stereocenters. The summed E-state index contributed by atoms with van der Waals surface area (Å²) in [7, 11) is -1.88. The first-order valence-electron chi connectivity index (χ1n) is 6.89. The molecule has 0 spiro atoms. The quantitative estimate of drug-likeness (QED) is 0.838. The van der Waals surface area contributed by atoms with Gasteiger partial charge in [0.1, 0.15) is 0 Å². The Bertz CT molecular complexity index is 481. The van der Waals surface area contributed by atoms with Crippen molar-refractivity contribution in [3.63, 3.8) is 0 Å². The summed E-state index contributed by atoms with van der Waals surface area (Å²) in [4.78, 5) is 4.20. The highest BCUT2D eigenvalue weighted by atomic mass is 28.4. The third-order valence-corrected chi connectivity index (χ3v) is 9.23. The fraction of sp³-hybridized carbons (Fsp3) is 0.667. The molecule has 19 heavy (non-hydrogen) atoms. The molecule has 1 heterocycles. The molecule has 2 atom stereocenters. The van der Waals surface area contributed by atoms with Gasteiger partial charge in [0.25, 0.3) is 0 Å². The summed E-state index contributed by atoms with van der Waals surface area (Å²) in [5.41, 5.74) is 1.61. The molecule has 0 saturated heterocycles. The van der Waals surface area contributed by atoms with E-state index in [1.807, 2.05) is 12.3 Å². The van der Waals surface area contributed by atoms with Crippen LogP contribution in [0, 0.1) is 0 Å². The fourth-order valence-electron chi connectivity index (χ4n) is 2.54. The van der Waals surface area contributed by atoms with Crippen molar-refractivity contribution in [2.75, 3.05) is 0 Å². The van der Waals surface area contributed by atoms with Crippen molar-refractivity contribution in [3.05, 3.63) is 29.6 Å². The van der Waals surface area contributed by atoms with Crippen LogP contribution in [-0.2, 0) is 10.0 Å². The molecule has 1 aromatic heterocycles. The molecule has 3 nitrogen and oxygen atoms in total. The van der Waals surface area contributed by atoms with Crippen molar-refractivity contribution < 1.29 is 9.53 Å². The molecule has 1 aromatic rings. The van der Waals surface area contributed by atoms with Gasteiger partial charge in [0.05, 0.1) is 11.7 Å². The Balaban J connectivity index is 2.36. The Morgan fingerprint density at radius 3 is 2.63 bits per heavy atom. The Kier molecular flexibility index (Phi) is 3.40. The molecular formula is C15H25NO2Si. The number of aliphatic hydroxyl groups is 1. The summed E-state index contributed by atoms with van der Waals surface area (Å²) in [6.45, 7) is 13.3. The van der Waals surface area contributed by atoms with E-state index >= 15 is 0 Å². The Labute approximate surface area is 117 Å². The lowest BCUT2D eigenvalue weighted by Crippen LogP contribution is -2.46. The third-order valence-electron chi connectivity index (χ3n) is 4.65. The molecular weight excluding hydrogens is 254 g/mol. The molecule has 1 aliphatic carbocycles. The molecule has 4 heteroatoms. The van der Waals surface area contributed by atoms with E-state index in [-0.39, 0.29) is 5.04 Å². The van der Waals surface area contributed by atoms with Gasteiger partial charge < -0.3 is 9.53 Å². The van der Waals surface area contributed by atoms with Gasteiger partial charge in [-0.2, -0.15) is 0 Å². The second kappa shape index (κ2) is 4.40. The van der Waals surface area contributed by atoms with Gasteiger partial charge in [-0.25, -0.2) is 0 Å². The number of aliphatic hydroxyl groups excluding tert-OH is 1. The van der Waals surface area contributed by atoms with Crippen LogP contribution in [0.15, 0.2) is 18.5 Å². The van der Waals surface area contributed by atoms with E-state index in [4.69, 9.17) is 4.43 Å². The van der Waals surface area contributed by atoms with Gasteiger partial charge in [-0.15, -0.1) is 0 Å². The Hall–Kier alpha value is -0.713.